The first kappa shape index (κ1) is 10.2. The van der Waals surface area contributed by atoms with Gasteiger partial charge in [-0.25, -0.2) is 0 Å². The molecule has 1 fully saturated rings. The first-order valence-corrected chi connectivity index (χ1v) is 4.82. The molecule has 1 heterocycles. The van der Waals surface area contributed by atoms with Gasteiger partial charge in [0.15, 0.2) is 0 Å². The van der Waals surface area contributed by atoms with Gasteiger partial charge in [0.05, 0.1) is 6.07 Å². The maximum absolute atomic E-state index is 11.5. The van der Waals surface area contributed by atoms with Crippen molar-refractivity contribution in [3.8, 4) is 6.07 Å². The number of carbonyl (C=O) groups is 1. The molecule has 0 radical (unpaired) electrons. The van der Waals surface area contributed by atoms with Crippen LogP contribution in [0.15, 0.2) is 0 Å². The molecule has 0 amide bonds. The van der Waals surface area contributed by atoms with E-state index in [1.807, 2.05) is 6.07 Å². The van der Waals surface area contributed by atoms with E-state index >= 15 is 0 Å². The van der Waals surface area contributed by atoms with Gasteiger partial charge in [-0.2, -0.15) is 5.26 Å². The van der Waals surface area contributed by atoms with Crippen LogP contribution in [0.5, 0.6) is 0 Å². The molecule has 0 aromatic carbocycles. The highest BCUT2D eigenvalue weighted by molar-refractivity contribution is 5.81. The van der Waals surface area contributed by atoms with Crippen molar-refractivity contribution < 1.29 is 4.79 Å². The fourth-order valence-electron chi connectivity index (χ4n) is 1.71. The number of hydrogen-bond donors (Lipinski definition) is 0. The van der Waals surface area contributed by atoms with Crippen molar-refractivity contribution in [1.82, 2.24) is 4.90 Å². The van der Waals surface area contributed by atoms with Gasteiger partial charge < -0.3 is 4.90 Å². The van der Waals surface area contributed by atoms with E-state index in [4.69, 9.17) is 5.26 Å². The Kier molecular flexibility index (Phi) is 3.91. The van der Waals surface area contributed by atoms with Gasteiger partial charge in [0, 0.05) is 18.8 Å². The number of carbonyl (C=O) groups excluding carboxylic acids is 1. The van der Waals surface area contributed by atoms with Crippen LogP contribution in [0.4, 0.5) is 0 Å². The van der Waals surface area contributed by atoms with Gasteiger partial charge in [-0.15, -0.1) is 0 Å². The summed E-state index contributed by atoms with van der Waals surface area (Å²) in [7, 11) is 2.08. The molecule has 1 saturated heterocycles. The van der Waals surface area contributed by atoms with E-state index in [0.717, 1.165) is 25.9 Å². The molecular formula is C10H16N2O. The smallest absolute Gasteiger partial charge is 0.137 e. The molecule has 0 aliphatic carbocycles. The Balaban J connectivity index is 2.28. The van der Waals surface area contributed by atoms with E-state index in [1.165, 1.54) is 0 Å². The number of likely N-dealkylation sites (tertiary alicyclic amines) is 1. The molecule has 1 aliphatic heterocycles. The van der Waals surface area contributed by atoms with Gasteiger partial charge in [-0.05, 0) is 33.0 Å². The largest absolute Gasteiger partial charge is 0.306 e. The minimum absolute atomic E-state index is 0.226. The predicted octanol–water partition coefficient (Wildman–Crippen LogP) is 1.20. The second-order valence-electron chi connectivity index (χ2n) is 3.70. The molecule has 0 aromatic heterocycles. The van der Waals surface area contributed by atoms with Gasteiger partial charge in [0.2, 0.25) is 0 Å². The number of nitriles is 1. The summed E-state index contributed by atoms with van der Waals surface area (Å²) in [6.07, 6.45) is 2.78. The van der Waals surface area contributed by atoms with Crippen molar-refractivity contribution in [1.29, 1.82) is 5.26 Å². The third kappa shape index (κ3) is 3.16. The van der Waals surface area contributed by atoms with Crippen molar-refractivity contribution in [2.24, 2.45) is 5.92 Å². The van der Waals surface area contributed by atoms with Crippen LogP contribution >= 0.6 is 0 Å². The summed E-state index contributed by atoms with van der Waals surface area (Å²) in [4.78, 5) is 13.7. The second kappa shape index (κ2) is 4.98. The Hall–Kier alpha value is -0.880. The number of Topliss-reactive ketones (excluding diaryl/α,β-unsaturated/α-hetero) is 1. The van der Waals surface area contributed by atoms with Crippen LogP contribution in [0.25, 0.3) is 0 Å². The molecule has 3 nitrogen and oxygen atoms in total. The van der Waals surface area contributed by atoms with E-state index in [-0.39, 0.29) is 11.7 Å². The number of nitrogens with zero attached hydrogens (tertiary/aromatic N) is 2. The molecule has 0 bridgehead atoms. The monoisotopic (exact) mass is 180 g/mol. The topological polar surface area (TPSA) is 44.1 Å². The number of ketones is 1. The maximum atomic E-state index is 11.5. The van der Waals surface area contributed by atoms with Crippen molar-refractivity contribution in [2.75, 3.05) is 20.1 Å². The SMILES string of the molecule is CN1CCC(C(=O)CCC#N)CC1. The zero-order chi connectivity index (χ0) is 9.68. The van der Waals surface area contributed by atoms with Gasteiger partial charge in [-0.1, -0.05) is 0 Å². The molecular weight excluding hydrogens is 164 g/mol. The van der Waals surface area contributed by atoms with Gasteiger partial charge >= 0.3 is 0 Å². The Morgan fingerprint density at radius 1 is 1.54 bits per heavy atom. The van der Waals surface area contributed by atoms with Crippen LogP contribution in [0.3, 0.4) is 0 Å². The molecule has 0 unspecified atom stereocenters. The molecule has 13 heavy (non-hydrogen) atoms. The summed E-state index contributed by atoms with van der Waals surface area (Å²) in [6.45, 7) is 2.03. The molecule has 3 heteroatoms. The lowest BCUT2D eigenvalue weighted by Gasteiger charge is -2.27. The van der Waals surface area contributed by atoms with E-state index in [2.05, 4.69) is 11.9 Å². The summed E-state index contributed by atoms with van der Waals surface area (Å²) in [5.41, 5.74) is 0. The highest BCUT2D eigenvalue weighted by Crippen LogP contribution is 2.18. The van der Waals surface area contributed by atoms with Gasteiger partial charge in [0.1, 0.15) is 5.78 Å². The molecule has 72 valence electrons. The first-order valence-electron chi connectivity index (χ1n) is 4.82. The number of piperidine rings is 1. The normalized spacial score (nSPS) is 19.7. The zero-order valence-electron chi connectivity index (χ0n) is 8.12. The molecule has 0 N–H and O–H groups in total. The Labute approximate surface area is 79.3 Å². The van der Waals surface area contributed by atoms with Crippen molar-refractivity contribution in [2.45, 2.75) is 25.7 Å². The third-order valence-electron chi connectivity index (χ3n) is 2.66. The molecule has 0 atom stereocenters. The van der Waals surface area contributed by atoms with Crippen LogP contribution in [0.1, 0.15) is 25.7 Å². The van der Waals surface area contributed by atoms with E-state index in [0.29, 0.717) is 12.8 Å². The van der Waals surface area contributed by atoms with Crippen LogP contribution in [-0.2, 0) is 4.79 Å². The molecule has 0 aromatic rings. The first-order chi connectivity index (χ1) is 6.24. The fraction of sp³-hybridized carbons (Fsp3) is 0.800. The Bertz CT molecular complexity index is 211. The minimum atomic E-state index is 0.226. The highest BCUT2D eigenvalue weighted by atomic mass is 16.1. The average molecular weight is 180 g/mol. The standard InChI is InChI=1S/C10H16N2O/c1-12-7-4-9(5-8-12)10(13)3-2-6-11/h9H,2-5,7-8H2,1H3. The minimum Gasteiger partial charge on any atom is -0.306 e. The molecule has 0 saturated carbocycles. The summed E-state index contributed by atoms with van der Waals surface area (Å²) in [5.74, 6) is 0.513. The lowest BCUT2D eigenvalue weighted by atomic mass is 9.91. The third-order valence-corrected chi connectivity index (χ3v) is 2.66. The summed E-state index contributed by atoms with van der Waals surface area (Å²) in [6, 6.07) is 2.02. The summed E-state index contributed by atoms with van der Waals surface area (Å²) in [5, 5.41) is 8.35. The van der Waals surface area contributed by atoms with Crippen LogP contribution < -0.4 is 0 Å². The van der Waals surface area contributed by atoms with Gasteiger partial charge in [0.25, 0.3) is 0 Å². The quantitative estimate of drug-likeness (QED) is 0.655. The zero-order valence-corrected chi connectivity index (χ0v) is 8.12. The molecule has 1 rings (SSSR count). The summed E-state index contributed by atoms with van der Waals surface area (Å²) >= 11 is 0. The fourth-order valence-corrected chi connectivity index (χ4v) is 1.71. The lowest BCUT2D eigenvalue weighted by Crippen LogP contribution is -2.33. The average Bonchev–Trinajstić information content (AvgIpc) is 2.15. The van der Waals surface area contributed by atoms with Crippen LogP contribution in [-0.4, -0.2) is 30.8 Å². The highest BCUT2D eigenvalue weighted by Gasteiger charge is 2.22. The Morgan fingerprint density at radius 2 is 2.15 bits per heavy atom. The predicted molar refractivity (Wildman–Crippen MR) is 50.1 cm³/mol. The maximum Gasteiger partial charge on any atom is 0.137 e. The van der Waals surface area contributed by atoms with Gasteiger partial charge in [-0.3, -0.25) is 4.79 Å². The number of rotatable bonds is 3. The van der Waals surface area contributed by atoms with E-state index < -0.39 is 0 Å². The van der Waals surface area contributed by atoms with Crippen molar-refractivity contribution in [3.63, 3.8) is 0 Å². The van der Waals surface area contributed by atoms with E-state index in [1.54, 1.807) is 0 Å². The lowest BCUT2D eigenvalue weighted by molar-refractivity contribution is -0.124. The second-order valence-corrected chi connectivity index (χ2v) is 3.70. The Morgan fingerprint density at radius 3 is 2.69 bits per heavy atom. The van der Waals surface area contributed by atoms with Crippen molar-refractivity contribution >= 4 is 5.78 Å². The number of hydrogen-bond acceptors (Lipinski definition) is 3. The van der Waals surface area contributed by atoms with Crippen LogP contribution in [0.2, 0.25) is 0 Å². The van der Waals surface area contributed by atoms with E-state index in [9.17, 15) is 4.79 Å². The van der Waals surface area contributed by atoms with Crippen LogP contribution in [0, 0.1) is 17.2 Å². The summed E-state index contributed by atoms with van der Waals surface area (Å²) < 4.78 is 0. The molecule has 1 aliphatic rings. The molecule has 0 spiro atoms. The van der Waals surface area contributed by atoms with Crippen molar-refractivity contribution in [3.05, 3.63) is 0 Å².